The van der Waals surface area contributed by atoms with Gasteiger partial charge >= 0.3 is 0 Å². The number of aromatic amines is 1. The lowest BCUT2D eigenvalue weighted by molar-refractivity contribution is 0.139. The Bertz CT molecular complexity index is 804. The van der Waals surface area contributed by atoms with Crippen molar-refractivity contribution in [1.82, 2.24) is 20.1 Å². The molecular formula is C18H24N4O2. The third-order valence-corrected chi connectivity index (χ3v) is 4.32. The number of aryl methyl sites for hydroxylation is 3. The third kappa shape index (κ3) is 3.59. The van der Waals surface area contributed by atoms with E-state index in [-0.39, 0.29) is 11.7 Å². The Balaban J connectivity index is 1.57. The van der Waals surface area contributed by atoms with Crippen LogP contribution in [0.25, 0.3) is 0 Å². The SMILES string of the molecule is CCc1cc(C2CC=C(CNCc3cnn(C)c3)O2)c(C)[nH]c1=O. The molecule has 0 spiro atoms. The molecule has 1 aliphatic heterocycles. The van der Waals surface area contributed by atoms with Gasteiger partial charge in [0, 0.05) is 48.6 Å². The predicted octanol–water partition coefficient (Wildman–Crippen LogP) is 2.11. The molecule has 0 aliphatic carbocycles. The number of nitrogens with zero attached hydrogens (tertiary/aromatic N) is 2. The van der Waals surface area contributed by atoms with Crippen molar-refractivity contribution in [3.8, 4) is 0 Å². The van der Waals surface area contributed by atoms with E-state index in [1.165, 1.54) is 0 Å². The van der Waals surface area contributed by atoms with Crippen LogP contribution in [0.3, 0.4) is 0 Å². The van der Waals surface area contributed by atoms with E-state index in [1.54, 1.807) is 4.68 Å². The van der Waals surface area contributed by atoms with Gasteiger partial charge in [0.2, 0.25) is 0 Å². The summed E-state index contributed by atoms with van der Waals surface area (Å²) >= 11 is 0. The van der Waals surface area contributed by atoms with Gasteiger partial charge in [-0.15, -0.1) is 0 Å². The first-order valence-corrected chi connectivity index (χ1v) is 8.33. The van der Waals surface area contributed by atoms with Crippen LogP contribution in [-0.2, 0) is 24.8 Å². The molecule has 128 valence electrons. The number of nitrogens with one attached hydrogen (secondary N) is 2. The second-order valence-electron chi connectivity index (χ2n) is 6.20. The highest BCUT2D eigenvalue weighted by molar-refractivity contribution is 5.29. The molecule has 3 rings (SSSR count). The van der Waals surface area contributed by atoms with E-state index in [9.17, 15) is 4.79 Å². The maximum absolute atomic E-state index is 11.9. The van der Waals surface area contributed by atoms with Gasteiger partial charge in [0.05, 0.1) is 12.7 Å². The summed E-state index contributed by atoms with van der Waals surface area (Å²) in [6.07, 6.45) is 7.52. The maximum Gasteiger partial charge on any atom is 0.251 e. The third-order valence-electron chi connectivity index (χ3n) is 4.32. The van der Waals surface area contributed by atoms with Crippen molar-refractivity contribution >= 4 is 0 Å². The quantitative estimate of drug-likeness (QED) is 0.852. The molecule has 3 heterocycles. The average molecular weight is 328 g/mol. The van der Waals surface area contributed by atoms with Gasteiger partial charge in [-0.2, -0.15) is 5.10 Å². The Morgan fingerprint density at radius 1 is 1.46 bits per heavy atom. The topological polar surface area (TPSA) is 71.9 Å². The highest BCUT2D eigenvalue weighted by Gasteiger charge is 2.22. The lowest BCUT2D eigenvalue weighted by Crippen LogP contribution is -2.18. The van der Waals surface area contributed by atoms with Crippen molar-refractivity contribution in [2.24, 2.45) is 7.05 Å². The zero-order valence-electron chi connectivity index (χ0n) is 14.4. The van der Waals surface area contributed by atoms with Crippen molar-refractivity contribution < 1.29 is 4.74 Å². The Labute approximate surface area is 141 Å². The number of hydrogen-bond donors (Lipinski definition) is 2. The van der Waals surface area contributed by atoms with Gasteiger partial charge in [0.1, 0.15) is 11.9 Å². The summed E-state index contributed by atoms with van der Waals surface area (Å²) < 4.78 is 7.86. The maximum atomic E-state index is 11.9. The molecule has 2 aromatic rings. The molecule has 2 aromatic heterocycles. The minimum absolute atomic E-state index is 0.00284. The van der Waals surface area contributed by atoms with Crippen molar-refractivity contribution in [3.05, 3.63) is 63.0 Å². The predicted molar refractivity (Wildman–Crippen MR) is 92.6 cm³/mol. The molecule has 0 radical (unpaired) electrons. The van der Waals surface area contributed by atoms with E-state index in [0.717, 1.165) is 47.5 Å². The Hall–Kier alpha value is -2.34. The Morgan fingerprint density at radius 2 is 2.29 bits per heavy atom. The normalized spacial score (nSPS) is 17.0. The largest absolute Gasteiger partial charge is 0.489 e. The molecule has 6 heteroatoms. The molecule has 0 fully saturated rings. The fraction of sp³-hybridized carbons (Fsp3) is 0.444. The van der Waals surface area contributed by atoms with Crippen molar-refractivity contribution in [1.29, 1.82) is 0 Å². The number of aromatic nitrogens is 3. The summed E-state index contributed by atoms with van der Waals surface area (Å²) in [5, 5.41) is 7.52. The summed E-state index contributed by atoms with van der Waals surface area (Å²) in [6, 6.07) is 1.98. The minimum atomic E-state index is -0.0117. The van der Waals surface area contributed by atoms with Gasteiger partial charge in [-0.3, -0.25) is 9.48 Å². The first-order chi connectivity index (χ1) is 11.6. The van der Waals surface area contributed by atoms with Gasteiger partial charge in [-0.25, -0.2) is 0 Å². The van der Waals surface area contributed by atoms with E-state index >= 15 is 0 Å². The van der Waals surface area contributed by atoms with Crippen LogP contribution in [0.4, 0.5) is 0 Å². The second kappa shape index (κ2) is 7.05. The number of ether oxygens (including phenoxy) is 1. The van der Waals surface area contributed by atoms with Crippen LogP contribution in [0.15, 0.2) is 35.1 Å². The molecular weight excluding hydrogens is 304 g/mol. The average Bonchev–Trinajstić information content (AvgIpc) is 3.17. The number of rotatable bonds is 6. The summed E-state index contributed by atoms with van der Waals surface area (Å²) in [5.41, 5.74) is 3.92. The van der Waals surface area contributed by atoms with Crippen molar-refractivity contribution in [3.63, 3.8) is 0 Å². The van der Waals surface area contributed by atoms with E-state index in [4.69, 9.17) is 4.74 Å². The summed E-state index contributed by atoms with van der Waals surface area (Å²) in [4.78, 5) is 14.8. The van der Waals surface area contributed by atoms with Crippen LogP contribution in [0.1, 0.15) is 41.8 Å². The van der Waals surface area contributed by atoms with E-state index in [0.29, 0.717) is 6.54 Å². The molecule has 24 heavy (non-hydrogen) atoms. The summed E-state index contributed by atoms with van der Waals surface area (Å²) in [5.74, 6) is 0.951. The highest BCUT2D eigenvalue weighted by atomic mass is 16.5. The molecule has 0 saturated heterocycles. The smallest absolute Gasteiger partial charge is 0.251 e. The highest BCUT2D eigenvalue weighted by Crippen LogP contribution is 2.31. The van der Waals surface area contributed by atoms with Crippen molar-refractivity contribution in [2.75, 3.05) is 6.54 Å². The standard InChI is InChI=1S/C18H24N4O2/c1-4-14-7-16(12(2)21-18(14)23)17-6-5-15(24-17)10-19-8-13-9-20-22(3)11-13/h5,7,9,11,17,19H,4,6,8,10H2,1-3H3,(H,21,23). The van der Waals surface area contributed by atoms with Crippen LogP contribution >= 0.6 is 0 Å². The first kappa shape index (κ1) is 16.5. The van der Waals surface area contributed by atoms with Crippen LogP contribution in [-0.4, -0.2) is 21.3 Å². The molecule has 2 N–H and O–H groups in total. The molecule has 0 aromatic carbocycles. The summed E-state index contributed by atoms with van der Waals surface area (Å²) in [7, 11) is 1.91. The monoisotopic (exact) mass is 328 g/mol. The molecule has 0 amide bonds. The lowest BCUT2D eigenvalue weighted by atomic mass is 10.0. The van der Waals surface area contributed by atoms with Crippen LogP contribution in [0.5, 0.6) is 0 Å². The lowest BCUT2D eigenvalue weighted by Gasteiger charge is -2.17. The molecule has 1 atom stereocenters. The zero-order chi connectivity index (χ0) is 17.1. The van der Waals surface area contributed by atoms with Gasteiger partial charge in [0.25, 0.3) is 5.56 Å². The second-order valence-corrected chi connectivity index (χ2v) is 6.20. The molecule has 1 aliphatic rings. The van der Waals surface area contributed by atoms with Crippen LogP contribution in [0.2, 0.25) is 0 Å². The molecule has 0 bridgehead atoms. The van der Waals surface area contributed by atoms with E-state index < -0.39 is 0 Å². The van der Waals surface area contributed by atoms with Crippen LogP contribution in [0, 0.1) is 6.92 Å². The Kier molecular flexibility index (Phi) is 4.85. The van der Waals surface area contributed by atoms with Gasteiger partial charge in [-0.05, 0) is 25.5 Å². The van der Waals surface area contributed by atoms with Crippen LogP contribution < -0.4 is 10.9 Å². The minimum Gasteiger partial charge on any atom is -0.489 e. The summed E-state index contributed by atoms with van der Waals surface area (Å²) in [6.45, 7) is 5.37. The number of H-pyrrole nitrogens is 1. The Morgan fingerprint density at radius 3 is 3.00 bits per heavy atom. The molecule has 1 unspecified atom stereocenters. The fourth-order valence-corrected chi connectivity index (χ4v) is 3.00. The molecule has 6 nitrogen and oxygen atoms in total. The number of hydrogen-bond acceptors (Lipinski definition) is 4. The molecule has 0 saturated carbocycles. The first-order valence-electron chi connectivity index (χ1n) is 8.33. The van der Waals surface area contributed by atoms with Gasteiger partial charge in [-0.1, -0.05) is 6.92 Å². The number of pyridine rings is 1. The van der Waals surface area contributed by atoms with E-state index in [1.807, 2.05) is 39.4 Å². The van der Waals surface area contributed by atoms with Gasteiger partial charge < -0.3 is 15.0 Å². The van der Waals surface area contributed by atoms with Crippen molar-refractivity contribution in [2.45, 2.75) is 39.3 Å². The zero-order valence-corrected chi connectivity index (χ0v) is 14.4. The van der Waals surface area contributed by atoms with E-state index in [2.05, 4.69) is 21.5 Å². The van der Waals surface area contributed by atoms with Gasteiger partial charge in [0.15, 0.2) is 0 Å². The fourth-order valence-electron chi connectivity index (χ4n) is 3.00.